The molecule has 30 heavy (non-hydrogen) atoms. The van der Waals surface area contributed by atoms with Gasteiger partial charge in [-0.1, -0.05) is 67.5 Å². The van der Waals surface area contributed by atoms with E-state index in [0.717, 1.165) is 25.7 Å². The van der Waals surface area contributed by atoms with Crippen LogP contribution in [0.15, 0.2) is 12.1 Å². The first kappa shape index (κ1) is 24.7. The van der Waals surface area contributed by atoms with Crippen molar-refractivity contribution in [1.82, 2.24) is 0 Å². The predicted octanol–water partition coefficient (Wildman–Crippen LogP) is 9.09. The number of hydrogen-bond acceptors (Lipinski definition) is 0. The zero-order valence-electron chi connectivity index (χ0n) is 22.0. The number of benzene rings is 2. The summed E-state index contributed by atoms with van der Waals surface area (Å²) in [6, 6.07) is 4.96. The Morgan fingerprint density at radius 2 is 0.867 bits per heavy atom. The molecule has 0 radical (unpaired) electrons. The molecule has 0 heterocycles. The highest BCUT2D eigenvalue weighted by Gasteiger charge is 2.29. The van der Waals surface area contributed by atoms with Crippen molar-refractivity contribution in [2.24, 2.45) is 0 Å². The highest BCUT2D eigenvalue weighted by atomic mass is 14.3. The summed E-state index contributed by atoms with van der Waals surface area (Å²) in [6.45, 7) is 28.3. The highest BCUT2D eigenvalue weighted by Crippen LogP contribution is 2.44. The van der Waals surface area contributed by atoms with Gasteiger partial charge in [-0.2, -0.15) is 0 Å². The van der Waals surface area contributed by atoms with Crippen molar-refractivity contribution in [3.63, 3.8) is 0 Å². The van der Waals surface area contributed by atoms with Gasteiger partial charge in [-0.05, 0) is 120 Å². The van der Waals surface area contributed by atoms with Crippen LogP contribution in [0, 0.1) is 27.7 Å². The fraction of sp³-hybridized carbons (Fsp3) is 0.600. The summed E-state index contributed by atoms with van der Waals surface area (Å²) < 4.78 is 0. The van der Waals surface area contributed by atoms with Crippen LogP contribution in [0.5, 0.6) is 0 Å². The van der Waals surface area contributed by atoms with E-state index in [1.54, 1.807) is 0 Å². The smallest absolute Gasteiger partial charge is 0.0103 e. The third-order valence-electron chi connectivity index (χ3n) is 8.02. The predicted molar refractivity (Wildman–Crippen MR) is 136 cm³/mol. The van der Waals surface area contributed by atoms with Crippen LogP contribution in [0.4, 0.5) is 0 Å². The van der Waals surface area contributed by atoms with Crippen LogP contribution < -0.4 is 0 Å². The summed E-state index contributed by atoms with van der Waals surface area (Å²) in [5, 5.41) is 0. The molecule has 0 amide bonds. The van der Waals surface area contributed by atoms with Gasteiger partial charge in [0.2, 0.25) is 0 Å². The average Bonchev–Trinajstić information content (AvgIpc) is 2.70. The van der Waals surface area contributed by atoms with Gasteiger partial charge >= 0.3 is 0 Å². The molecule has 166 valence electrons. The van der Waals surface area contributed by atoms with E-state index in [-0.39, 0.29) is 10.8 Å². The third-order valence-corrected chi connectivity index (χ3v) is 8.02. The standard InChI is InChI=1S/C30H46/c1-13-23-19(5)17-25(29(9,10)15-3)21(7)27(23)28-22(8)26(30(11,12)16-4)18-20(6)24(28)14-2/h17-18H,13-16H2,1-12H3. The van der Waals surface area contributed by atoms with E-state index < -0.39 is 0 Å². The van der Waals surface area contributed by atoms with Gasteiger partial charge in [0.1, 0.15) is 0 Å². The highest BCUT2D eigenvalue weighted by molar-refractivity contribution is 5.81. The Morgan fingerprint density at radius 1 is 0.567 bits per heavy atom. The van der Waals surface area contributed by atoms with E-state index in [1.807, 2.05) is 0 Å². The molecule has 0 N–H and O–H groups in total. The minimum absolute atomic E-state index is 0.186. The molecule has 0 unspecified atom stereocenters. The van der Waals surface area contributed by atoms with Crippen molar-refractivity contribution in [3.05, 3.63) is 56.6 Å². The summed E-state index contributed by atoms with van der Waals surface area (Å²) in [5.41, 5.74) is 15.4. The molecule has 0 atom stereocenters. The zero-order chi connectivity index (χ0) is 23.0. The van der Waals surface area contributed by atoms with Gasteiger partial charge < -0.3 is 0 Å². The first-order valence-corrected chi connectivity index (χ1v) is 12.1. The van der Waals surface area contributed by atoms with Crippen molar-refractivity contribution in [3.8, 4) is 11.1 Å². The summed E-state index contributed by atoms with van der Waals surface area (Å²) in [4.78, 5) is 0. The average molecular weight is 407 g/mol. The summed E-state index contributed by atoms with van der Waals surface area (Å²) in [7, 11) is 0. The van der Waals surface area contributed by atoms with E-state index in [2.05, 4.69) is 95.2 Å². The quantitative estimate of drug-likeness (QED) is 0.430. The fourth-order valence-electron chi connectivity index (χ4n) is 5.31. The lowest BCUT2D eigenvalue weighted by Gasteiger charge is -2.33. The Bertz CT molecular complexity index is 845. The first-order chi connectivity index (χ1) is 13.9. The molecule has 2 rings (SSSR count). The van der Waals surface area contributed by atoms with E-state index in [0.29, 0.717) is 0 Å². The molecule has 0 bridgehead atoms. The maximum absolute atomic E-state index is 2.48. The molecule has 0 fully saturated rings. The Labute approximate surface area is 187 Å². The van der Waals surface area contributed by atoms with Crippen LogP contribution in [0.2, 0.25) is 0 Å². The van der Waals surface area contributed by atoms with Crippen molar-refractivity contribution in [1.29, 1.82) is 0 Å². The fourth-order valence-corrected chi connectivity index (χ4v) is 5.31. The van der Waals surface area contributed by atoms with Crippen LogP contribution >= 0.6 is 0 Å². The topological polar surface area (TPSA) is 0 Å². The van der Waals surface area contributed by atoms with Gasteiger partial charge in [-0.15, -0.1) is 0 Å². The minimum Gasteiger partial charge on any atom is -0.0646 e. The van der Waals surface area contributed by atoms with Crippen LogP contribution in [0.1, 0.15) is 113 Å². The molecule has 0 nitrogen and oxygen atoms in total. The molecule has 2 aromatic rings. The number of rotatable bonds is 7. The van der Waals surface area contributed by atoms with Crippen LogP contribution in [-0.4, -0.2) is 0 Å². The maximum atomic E-state index is 2.48. The lowest BCUT2D eigenvalue weighted by atomic mass is 9.71. The second kappa shape index (κ2) is 8.89. The van der Waals surface area contributed by atoms with Gasteiger partial charge in [-0.3, -0.25) is 0 Å². The Hall–Kier alpha value is -1.56. The molecule has 2 aromatic carbocycles. The van der Waals surface area contributed by atoms with E-state index >= 15 is 0 Å². The molecule has 0 aromatic heterocycles. The monoisotopic (exact) mass is 406 g/mol. The molecule has 0 heteroatoms. The Morgan fingerprint density at radius 3 is 1.10 bits per heavy atom. The molecule has 0 aliphatic carbocycles. The van der Waals surface area contributed by atoms with Crippen LogP contribution in [0.25, 0.3) is 11.1 Å². The molecule has 0 spiro atoms. The van der Waals surface area contributed by atoms with Gasteiger partial charge in [0.15, 0.2) is 0 Å². The van der Waals surface area contributed by atoms with Gasteiger partial charge in [0.25, 0.3) is 0 Å². The molecular weight excluding hydrogens is 360 g/mol. The van der Waals surface area contributed by atoms with Gasteiger partial charge in [-0.25, -0.2) is 0 Å². The molecule has 0 saturated carbocycles. The van der Waals surface area contributed by atoms with E-state index in [1.165, 1.54) is 55.6 Å². The maximum Gasteiger partial charge on any atom is -0.0103 e. The zero-order valence-corrected chi connectivity index (χ0v) is 22.0. The molecule has 0 aliphatic rings. The van der Waals surface area contributed by atoms with Crippen molar-refractivity contribution in [2.45, 2.75) is 120 Å². The van der Waals surface area contributed by atoms with Crippen LogP contribution in [0.3, 0.4) is 0 Å². The van der Waals surface area contributed by atoms with Gasteiger partial charge in [0, 0.05) is 0 Å². The SMILES string of the molecule is CCc1c(C)cc(C(C)(C)CC)c(C)c1-c1c(C)c(C(C)(C)CC)cc(C)c1CC. The first-order valence-electron chi connectivity index (χ1n) is 12.1. The molecule has 0 aliphatic heterocycles. The normalized spacial score (nSPS) is 12.5. The third kappa shape index (κ3) is 4.12. The summed E-state index contributed by atoms with van der Waals surface area (Å²) >= 11 is 0. The van der Waals surface area contributed by atoms with Crippen molar-refractivity contribution in [2.75, 3.05) is 0 Å². The second-order valence-electron chi connectivity index (χ2n) is 10.6. The Balaban J connectivity index is 3.10. The summed E-state index contributed by atoms with van der Waals surface area (Å²) in [5.74, 6) is 0. The number of hydrogen-bond donors (Lipinski definition) is 0. The van der Waals surface area contributed by atoms with E-state index in [4.69, 9.17) is 0 Å². The van der Waals surface area contributed by atoms with Crippen molar-refractivity contribution < 1.29 is 0 Å². The van der Waals surface area contributed by atoms with Gasteiger partial charge in [0.05, 0.1) is 0 Å². The van der Waals surface area contributed by atoms with Crippen LogP contribution in [-0.2, 0) is 23.7 Å². The molecule has 0 saturated heterocycles. The lowest BCUT2D eigenvalue weighted by Crippen LogP contribution is -2.21. The largest absolute Gasteiger partial charge is 0.0646 e. The molecular formula is C30H46. The minimum atomic E-state index is 0.186. The van der Waals surface area contributed by atoms with E-state index in [9.17, 15) is 0 Å². The lowest BCUT2D eigenvalue weighted by molar-refractivity contribution is 0.502. The van der Waals surface area contributed by atoms with Crippen molar-refractivity contribution >= 4 is 0 Å². The Kier molecular flexibility index (Phi) is 7.33. The second-order valence-corrected chi connectivity index (χ2v) is 10.6. The summed E-state index contributed by atoms with van der Waals surface area (Å²) in [6.07, 6.45) is 4.47. The number of aryl methyl sites for hydroxylation is 2.